The largest absolute Gasteiger partial charge is 0.395 e. The average Bonchev–Trinajstić information content (AvgIpc) is 2.36. The van der Waals surface area contributed by atoms with Crippen LogP contribution in [0.4, 0.5) is 4.39 Å². The number of rotatable bonds is 4. The summed E-state index contributed by atoms with van der Waals surface area (Å²) >= 11 is 0. The van der Waals surface area contributed by atoms with Gasteiger partial charge in [0.1, 0.15) is 5.82 Å². The second-order valence-electron chi connectivity index (χ2n) is 5.44. The van der Waals surface area contributed by atoms with Crippen LogP contribution >= 0.6 is 0 Å². The van der Waals surface area contributed by atoms with E-state index in [0.717, 1.165) is 31.4 Å². The van der Waals surface area contributed by atoms with E-state index in [9.17, 15) is 12.8 Å². The highest BCUT2D eigenvalue weighted by atomic mass is 32.2. The Morgan fingerprint density at radius 1 is 1.43 bits per heavy atom. The average molecular weight is 311 g/mol. The van der Waals surface area contributed by atoms with Gasteiger partial charge in [0.25, 0.3) is 0 Å². The monoisotopic (exact) mass is 311 g/mol. The van der Waals surface area contributed by atoms with Gasteiger partial charge in [-0.15, -0.1) is 0 Å². The molecule has 0 aliphatic heterocycles. The van der Waals surface area contributed by atoms with Gasteiger partial charge in [0, 0.05) is 17.5 Å². The van der Waals surface area contributed by atoms with Crippen LogP contribution < -0.4 is 4.72 Å². The Labute approximate surface area is 124 Å². The minimum absolute atomic E-state index is 0.0255. The zero-order chi connectivity index (χ0) is 15.5. The molecule has 21 heavy (non-hydrogen) atoms. The first-order chi connectivity index (χ1) is 9.86. The van der Waals surface area contributed by atoms with Crippen molar-refractivity contribution in [1.82, 2.24) is 4.72 Å². The Morgan fingerprint density at radius 2 is 2.14 bits per heavy atom. The van der Waals surface area contributed by atoms with Crippen molar-refractivity contribution in [2.24, 2.45) is 0 Å². The van der Waals surface area contributed by atoms with Crippen LogP contribution in [0.2, 0.25) is 0 Å². The molecular weight excluding hydrogens is 293 g/mol. The van der Waals surface area contributed by atoms with E-state index in [2.05, 4.69) is 16.6 Å². The first kappa shape index (κ1) is 16.0. The lowest BCUT2D eigenvalue weighted by molar-refractivity contribution is 0.248. The fourth-order valence-electron chi connectivity index (χ4n) is 2.24. The molecule has 0 heterocycles. The van der Waals surface area contributed by atoms with Crippen LogP contribution in [0.1, 0.15) is 38.2 Å². The molecule has 1 saturated carbocycles. The highest BCUT2D eigenvalue weighted by Gasteiger charge is 2.36. The van der Waals surface area contributed by atoms with E-state index in [1.165, 1.54) is 6.07 Å². The van der Waals surface area contributed by atoms with Crippen LogP contribution in [-0.4, -0.2) is 25.7 Å². The fraction of sp³-hybridized carbons (Fsp3) is 0.467. The smallest absolute Gasteiger partial charge is 0.242 e. The SMILES string of the molecule is CC1(NS(=O)(=O)c2ccc(F)cc2C#CCCO)CCC1. The van der Waals surface area contributed by atoms with Crippen molar-refractivity contribution >= 4 is 10.0 Å². The standard InChI is InChI=1S/C15H18FNO3S/c1-15(8-4-9-15)17-21(19,20)14-7-6-13(16)11-12(14)5-2-3-10-18/h6-7,11,17-18H,3-4,8-10H2,1H3. The predicted octanol–water partition coefficient (Wildman–Crippen LogP) is 1.78. The molecule has 1 aromatic carbocycles. The molecular formula is C15H18FNO3S. The zero-order valence-electron chi connectivity index (χ0n) is 11.8. The third-order valence-electron chi connectivity index (χ3n) is 3.53. The third-order valence-corrected chi connectivity index (χ3v) is 5.23. The van der Waals surface area contributed by atoms with Crippen molar-refractivity contribution in [3.63, 3.8) is 0 Å². The van der Waals surface area contributed by atoms with Crippen LogP contribution in [0.15, 0.2) is 23.1 Å². The number of aliphatic hydroxyl groups excluding tert-OH is 1. The molecule has 0 atom stereocenters. The summed E-state index contributed by atoms with van der Waals surface area (Å²) in [6, 6.07) is 3.43. The number of aliphatic hydroxyl groups is 1. The number of nitrogens with one attached hydrogen (secondary N) is 1. The molecule has 114 valence electrons. The molecule has 0 spiro atoms. The van der Waals surface area contributed by atoms with Gasteiger partial charge in [-0.25, -0.2) is 17.5 Å². The molecule has 6 heteroatoms. The van der Waals surface area contributed by atoms with Crippen molar-refractivity contribution in [2.45, 2.75) is 43.0 Å². The normalized spacial score (nSPS) is 16.7. The Hall–Kier alpha value is -1.42. The Bertz CT molecular complexity index is 685. The summed E-state index contributed by atoms with van der Waals surface area (Å²) < 4.78 is 40.9. The minimum Gasteiger partial charge on any atom is -0.395 e. The molecule has 2 N–H and O–H groups in total. The Balaban J connectivity index is 2.36. The molecule has 0 bridgehead atoms. The van der Waals surface area contributed by atoms with E-state index in [-0.39, 0.29) is 23.5 Å². The quantitative estimate of drug-likeness (QED) is 0.833. The van der Waals surface area contributed by atoms with Crippen molar-refractivity contribution in [3.05, 3.63) is 29.6 Å². The van der Waals surface area contributed by atoms with E-state index in [1.807, 2.05) is 6.92 Å². The molecule has 0 saturated heterocycles. The molecule has 0 amide bonds. The maximum atomic E-state index is 13.3. The number of hydrogen-bond acceptors (Lipinski definition) is 3. The number of halogens is 1. The Kier molecular flexibility index (Phi) is 4.67. The van der Waals surface area contributed by atoms with Gasteiger partial charge < -0.3 is 5.11 Å². The molecule has 1 aliphatic carbocycles. The first-order valence-electron chi connectivity index (χ1n) is 6.80. The van der Waals surface area contributed by atoms with Gasteiger partial charge in [-0.2, -0.15) is 0 Å². The Morgan fingerprint density at radius 3 is 2.71 bits per heavy atom. The molecule has 4 nitrogen and oxygen atoms in total. The molecule has 0 radical (unpaired) electrons. The second-order valence-corrected chi connectivity index (χ2v) is 7.09. The van der Waals surface area contributed by atoms with E-state index >= 15 is 0 Å². The van der Waals surface area contributed by atoms with Crippen LogP contribution in [0.5, 0.6) is 0 Å². The summed E-state index contributed by atoms with van der Waals surface area (Å²) in [5.74, 6) is 4.69. The van der Waals surface area contributed by atoms with Gasteiger partial charge in [-0.05, 0) is 44.4 Å². The maximum absolute atomic E-state index is 13.3. The van der Waals surface area contributed by atoms with Crippen molar-refractivity contribution in [1.29, 1.82) is 0 Å². The summed E-state index contributed by atoms with van der Waals surface area (Å²) in [4.78, 5) is -0.0255. The highest BCUT2D eigenvalue weighted by molar-refractivity contribution is 7.89. The van der Waals surface area contributed by atoms with Gasteiger partial charge in [0.2, 0.25) is 10.0 Å². The fourth-order valence-corrected chi connectivity index (χ4v) is 3.85. The molecule has 0 unspecified atom stereocenters. The van der Waals surface area contributed by atoms with E-state index < -0.39 is 21.4 Å². The topological polar surface area (TPSA) is 66.4 Å². The van der Waals surface area contributed by atoms with Crippen molar-refractivity contribution < 1.29 is 17.9 Å². The number of benzene rings is 1. The molecule has 0 aromatic heterocycles. The summed E-state index contributed by atoms with van der Waals surface area (Å²) in [5, 5.41) is 8.71. The number of hydrogen-bond donors (Lipinski definition) is 2. The zero-order valence-corrected chi connectivity index (χ0v) is 12.6. The van der Waals surface area contributed by atoms with E-state index in [0.29, 0.717) is 0 Å². The van der Waals surface area contributed by atoms with Gasteiger partial charge in [-0.1, -0.05) is 11.8 Å². The van der Waals surface area contributed by atoms with E-state index in [1.54, 1.807) is 0 Å². The first-order valence-corrected chi connectivity index (χ1v) is 8.28. The summed E-state index contributed by atoms with van der Waals surface area (Å²) in [6.45, 7) is 1.73. The lowest BCUT2D eigenvalue weighted by Crippen LogP contribution is -2.50. The van der Waals surface area contributed by atoms with Crippen molar-refractivity contribution in [3.8, 4) is 11.8 Å². The molecule has 1 aromatic rings. The number of sulfonamides is 1. The van der Waals surface area contributed by atoms with Gasteiger partial charge >= 0.3 is 0 Å². The van der Waals surface area contributed by atoms with Crippen LogP contribution in [0.3, 0.4) is 0 Å². The predicted molar refractivity (Wildman–Crippen MR) is 77.6 cm³/mol. The van der Waals surface area contributed by atoms with Gasteiger partial charge in [0.05, 0.1) is 11.5 Å². The highest BCUT2D eigenvalue weighted by Crippen LogP contribution is 2.33. The molecule has 1 aliphatic rings. The summed E-state index contributed by atoms with van der Waals surface area (Å²) in [5.41, 5.74) is -0.317. The lowest BCUT2D eigenvalue weighted by Gasteiger charge is -2.38. The second kappa shape index (κ2) is 6.14. The lowest BCUT2D eigenvalue weighted by atomic mass is 9.80. The molecule has 2 rings (SSSR count). The summed E-state index contributed by atoms with van der Waals surface area (Å²) in [6.07, 6.45) is 2.78. The summed E-state index contributed by atoms with van der Waals surface area (Å²) in [7, 11) is -3.75. The molecule has 1 fully saturated rings. The van der Waals surface area contributed by atoms with Crippen LogP contribution in [0.25, 0.3) is 0 Å². The van der Waals surface area contributed by atoms with E-state index in [4.69, 9.17) is 5.11 Å². The van der Waals surface area contributed by atoms with Crippen LogP contribution in [0, 0.1) is 17.7 Å². The third kappa shape index (κ3) is 3.82. The van der Waals surface area contributed by atoms with Crippen LogP contribution in [-0.2, 0) is 10.0 Å². The van der Waals surface area contributed by atoms with Gasteiger partial charge in [-0.3, -0.25) is 0 Å². The maximum Gasteiger partial charge on any atom is 0.242 e. The minimum atomic E-state index is -3.75. The van der Waals surface area contributed by atoms with Gasteiger partial charge in [0.15, 0.2) is 0 Å². The van der Waals surface area contributed by atoms with Crippen molar-refractivity contribution in [2.75, 3.05) is 6.61 Å².